The molecule has 0 aromatic heterocycles. The molecule has 0 aliphatic rings. The minimum absolute atomic E-state index is 0.0818. The van der Waals surface area contributed by atoms with Crippen LogP contribution in [0.4, 0.5) is 0 Å². The predicted molar refractivity (Wildman–Crippen MR) is 91.1 cm³/mol. The van der Waals surface area contributed by atoms with Gasteiger partial charge in [0.2, 0.25) is 5.91 Å². The summed E-state index contributed by atoms with van der Waals surface area (Å²) in [5.74, 6) is -0.247. The van der Waals surface area contributed by atoms with Crippen LogP contribution in [-0.4, -0.2) is 31.1 Å². The summed E-state index contributed by atoms with van der Waals surface area (Å²) in [6, 6.07) is 6.75. The van der Waals surface area contributed by atoms with Crippen LogP contribution in [0.25, 0.3) is 0 Å². The number of primary amides is 1. The molecule has 23 heavy (non-hydrogen) atoms. The molecule has 2 N–H and O–H groups in total. The second kappa shape index (κ2) is 8.82. The second-order valence-corrected chi connectivity index (χ2v) is 8.68. The summed E-state index contributed by atoms with van der Waals surface area (Å²) in [6.45, 7) is 3.36. The van der Waals surface area contributed by atoms with Crippen molar-refractivity contribution in [3.8, 4) is 0 Å². The molecule has 0 saturated heterocycles. The maximum atomic E-state index is 11.9. The van der Waals surface area contributed by atoms with Crippen LogP contribution in [0.5, 0.6) is 0 Å². The Kier molecular flexibility index (Phi) is 7.42. The number of hydrogen-bond acceptors (Lipinski definition) is 4. The number of Topliss-reactive ketones (excluding diaryl/α,β-unsaturated/α-hetero) is 1. The van der Waals surface area contributed by atoms with Crippen LogP contribution in [0.15, 0.2) is 24.3 Å². The van der Waals surface area contributed by atoms with Crippen molar-refractivity contribution in [2.45, 2.75) is 51.2 Å². The zero-order chi connectivity index (χ0) is 17.5. The molecule has 0 atom stereocenters. The molecule has 6 heteroatoms. The predicted octanol–water partition coefficient (Wildman–Crippen LogP) is 2.28. The number of sulfone groups is 1. The number of amides is 1. The summed E-state index contributed by atoms with van der Waals surface area (Å²) >= 11 is 0. The molecule has 1 amide bonds. The van der Waals surface area contributed by atoms with Crippen LogP contribution in [-0.2, 0) is 21.1 Å². The van der Waals surface area contributed by atoms with E-state index in [4.69, 9.17) is 5.73 Å². The Labute approximate surface area is 138 Å². The van der Waals surface area contributed by atoms with Gasteiger partial charge in [-0.15, -0.1) is 0 Å². The zero-order valence-corrected chi connectivity index (χ0v) is 14.6. The molecule has 0 fully saturated rings. The van der Waals surface area contributed by atoms with Gasteiger partial charge in [-0.05, 0) is 44.4 Å². The first-order chi connectivity index (χ1) is 10.7. The molecule has 128 valence electrons. The molecule has 1 rings (SSSR count). The van der Waals surface area contributed by atoms with Gasteiger partial charge >= 0.3 is 0 Å². The smallest absolute Gasteiger partial charge is 0.248 e. The highest BCUT2D eigenvalue weighted by Crippen LogP contribution is 2.10. The van der Waals surface area contributed by atoms with E-state index in [0.717, 1.165) is 12.0 Å². The van der Waals surface area contributed by atoms with Gasteiger partial charge in [-0.2, -0.15) is 0 Å². The van der Waals surface area contributed by atoms with Gasteiger partial charge in [0.25, 0.3) is 0 Å². The van der Waals surface area contributed by atoms with E-state index >= 15 is 0 Å². The largest absolute Gasteiger partial charge is 0.366 e. The lowest BCUT2D eigenvalue weighted by molar-refractivity contribution is -0.118. The molecule has 0 unspecified atom stereocenters. The van der Waals surface area contributed by atoms with Gasteiger partial charge in [0.05, 0.1) is 11.0 Å². The maximum Gasteiger partial charge on any atom is 0.248 e. The second-order valence-electron chi connectivity index (χ2n) is 6.01. The highest BCUT2D eigenvalue weighted by Gasteiger charge is 2.15. The Morgan fingerprint density at radius 1 is 1.13 bits per heavy atom. The molecule has 0 aliphatic heterocycles. The van der Waals surface area contributed by atoms with Gasteiger partial charge in [-0.25, -0.2) is 8.42 Å². The number of ketones is 1. The highest BCUT2D eigenvalue weighted by atomic mass is 32.2. The number of unbranched alkanes of at least 4 members (excludes halogenated alkanes) is 2. The standard InChI is InChI=1S/C17H25NO4S/c1-13(2)23(21,22)10-5-3-4-9-16(19)12-14-7-6-8-15(11-14)17(18)20/h6-8,11,13H,3-5,9-10,12H2,1-2H3,(H2,18,20). The lowest BCUT2D eigenvalue weighted by atomic mass is 10.0. The highest BCUT2D eigenvalue weighted by molar-refractivity contribution is 7.91. The fourth-order valence-corrected chi connectivity index (χ4v) is 3.27. The quantitative estimate of drug-likeness (QED) is 0.662. The molecule has 0 radical (unpaired) electrons. The van der Waals surface area contributed by atoms with Gasteiger partial charge in [0.1, 0.15) is 5.78 Å². The average Bonchev–Trinajstić information content (AvgIpc) is 2.46. The number of carbonyl (C=O) groups is 2. The van der Waals surface area contributed by atoms with E-state index < -0.39 is 15.7 Å². The van der Waals surface area contributed by atoms with Gasteiger partial charge in [0.15, 0.2) is 9.84 Å². The van der Waals surface area contributed by atoms with E-state index in [0.29, 0.717) is 24.8 Å². The topological polar surface area (TPSA) is 94.3 Å². The first kappa shape index (κ1) is 19.4. The molecule has 0 saturated carbocycles. The Morgan fingerprint density at radius 3 is 2.43 bits per heavy atom. The third kappa shape index (κ3) is 6.95. The van der Waals surface area contributed by atoms with Crippen LogP contribution in [0, 0.1) is 0 Å². The lowest BCUT2D eigenvalue weighted by Gasteiger charge is -2.07. The van der Waals surface area contributed by atoms with Crippen LogP contribution in [0.1, 0.15) is 55.5 Å². The Morgan fingerprint density at radius 2 is 1.83 bits per heavy atom. The van der Waals surface area contributed by atoms with Gasteiger partial charge in [-0.3, -0.25) is 9.59 Å². The van der Waals surface area contributed by atoms with Crippen molar-refractivity contribution in [3.05, 3.63) is 35.4 Å². The fraction of sp³-hybridized carbons (Fsp3) is 0.529. The van der Waals surface area contributed by atoms with E-state index in [1.165, 1.54) is 0 Å². The molecular formula is C17H25NO4S. The molecular weight excluding hydrogens is 314 g/mol. The Bertz CT molecular complexity index is 650. The minimum Gasteiger partial charge on any atom is -0.366 e. The monoisotopic (exact) mass is 339 g/mol. The third-order valence-electron chi connectivity index (χ3n) is 3.72. The summed E-state index contributed by atoms with van der Waals surface area (Å²) in [5.41, 5.74) is 6.38. The third-order valence-corrected chi connectivity index (χ3v) is 6.01. The summed E-state index contributed by atoms with van der Waals surface area (Å²) < 4.78 is 23.3. The molecule has 1 aromatic rings. The molecule has 5 nitrogen and oxygen atoms in total. The number of hydrogen-bond donors (Lipinski definition) is 1. The Hall–Kier alpha value is -1.69. The summed E-state index contributed by atoms with van der Waals surface area (Å²) in [7, 11) is -2.99. The number of carbonyl (C=O) groups excluding carboxylic acids is 2. The summed E-state index contributed by atoms with van der Waals surface area (Å²) in [4.78, 5) is 23.0. The van der Waals surface area contributed by atoms with E-state index in [2.05, 4.69) is 0 Å². The zero-order valence-electron chi connectivity index (χ0n) is 13.7. The van der Waals surface area contributed by atoms with Crippen molar-refractivity contribution in [1.82, 2.24) is 0 Å². The summed E-state index contributed by atoms with van der Waals surface area (Å²) in [5, 5.41) is -0.346. The van der Waals surface area contributed by atoms with Crippen molar-refractivity contribution in [2.24, 2.45) is 5.73 Å². The molecule has 0 aliphatic carbocycles. The maximum absolute atomic E-state index is 11.9. The van der Waals surface area contributed by atoms with E-state index in [1.54, 1.807) is 38.1 Å². The van der Waals surface area contributed by atoms with Crippen LogP contribution in [0.3, 0.4) is 0 Å². The van der Waals surface area contributed by atoms with Crippen molar-refractivity contribution >= 4 is 21.5 Å². The molecule has 0 spiro atoms. The van der Waals surface area contributed by atoms with Crippen molar-refractivity contribution in [2.75, 3.05) is 5.75 Å². The molecule has 0 heterocycles. The number of rotatable bonds is 10. The van der Waals surface area contributed by atoms with Crippen molar-refractivity contribution < 1.29 is 18.0 Å². The van der Waals surface area contributed by atoms with Gasteiger partial charge in [0, 0.05) is 18.4 Å². The van der Waals surface area contributed by atoms with Gasteiger partial charge < -0.3 is 5.73 Å². The van der Waals surface area contributed by atoms with Gasteiger partial charge in [-0.1, -0.05) is 18.6 Å². The molecule has 0 bridgehead atoms. The fourth-order valence-electron chi connectivity index (χ4n) is 2.19. The number of benzene rings is 1. The van der Waals surface area contributed by atoms with E-state index in [-0.39, 0.29) is 23.2 Å². The minimum atomic E-state index is -2.99. The first-order valence-electron chi connectivity index (χ1n) is 7.84. The number of nitrogens with two attached hydrogens (primary N) is 1. The van der Waals surface area contributed by atoms with Crippen LogP contribution >= 0.6 is 0 Å². The summed E-state index contributed by atoms with van der Waals surface area (Å²) in [6.07, 6.45) is 2.68. The van der Waals surface area contributed by atoms with Crippen molar-refractivity contribution in [3.63, 3.8) is 0 Å². The van der Waals surface area contributed by atoms with Crippen LogP contribution in [0.2, 0.25) is 0 Å². The Balaban J connectivity index is 2.33. The first-order valence-corrected chi connectivity index (χ1v) is 9.56. The molecule has 1 aromatic carbocycles. The van der Waals surface area contributed by atoms with E-state index in [9.17, 15) is 18.0 Å². The van der Waals surface area contributed by atoms with Crippen molar-refractivity contribution in [1.29, 1.82) is 0 Å². The normalized spacial score (nSPS) is 11.6. The lowest BCUT2D eigenvalue weighted by Crippen LogP contribution is -2.17. The van der Waals surface area contributed by atoms with Crippen LogP contribution < -0.4 is 5.73 Å². The van der Waals surface area contributed by atoms with E-state index in [1.807, 2.05) is 0 Å². The average molecular weight is 339 g/mol. The SMILES string of the molecule is CC(C)S(=O)(=O)CCCCCC(=O)Cc1cccc(C(N)=O)c1.